The number of halogens is 1. The Balaban J connectivity index is 2.01. The molecular weight excluding hydrogens is 324 g/mol. The van der Waals surface area contributed by atoms with Crippen molar-refractivity contribution >= 4 is 38.6 Å². The third-order valence-electron chi connectivity index (χ3n) is 2.05. The summed E-state index contributed by atoms with van der Waals surface area (Å²) < 4.78 is 6.12. The molecule has 0 saturated heterocycles. The lowest BCUT2D eigenvalue weighted by atomic mass is 10.4. The second-order valence-electron chi connectivity index (χ2n) is 3.19. The summed E-state index contributed by atoms with van der Waals surface area (Å²) in [7, 11) is 0. The monoisotopic (exact) mass is 328 g/mol. The lowest BCUT2D eigenvalue weighted by molar-refractivity contribution is 0.427. The Morgan fingerprint density at radius 3 is 2.88 bits per heavy atom. The van der Waals surface area contributed by atoms with Crippen molar-refractivity contribution in [1.82, 2.24) is 10.1 Å². The van der Waals surface area contributed by atoms with Crippen LogP contribution in [0.1, 0.15) is 0 Å². The average molecular weight is 329 g/mol. The van der Waals surface area contributed by atoms with Crippen molar-refractivity contribution in [3.63, 3.8) is 0 Å². The van der Waals surface area contributed by atoms with E-state index in [0.717, 1.165) is 9.35 Å². The zero-order valence-corrected chi connectivity index (χ0v) is 11.5. The average Bonchev–Trinajstić information content (AvgIpc) is 2.97. The number of aromatic nitrogens is 2. The van der Waals surface area contributed by atoms with Crippen LogP contribution >= 0.6 is 38.6 Å². The fourth-order valence-electron chi connectivity index (χ4n) is 1.31. The van der Waals surface area contributed by atoms with E-state index in [0.29, 0.717) is 16.6 Å². The van der Waals surface area contributed by atoms with Gasteiger partial charge in [-0.25, -0.2) is 0 Å². The summed E-state index contributed by atoms with van der Waals surface area (Å²) in [6.45, 7) is 0. The molecule has 0 atom stereocenters. The first-order chi connectivity index (χ1) is 8.24. The van der Waals surface area contributed by atoms with Crippen molar-refractivity contribution in [3.8, 4) is 27.2 Å². The molecule has 0 spiro atoms. The number of hydrogen-bond acceptors (Lipinski definition) is 6. The first-order valence-electron chi connectivity index (χ1n) is 4.59. The van der Waals surface area contributed by atoms with Crippen LogP contribution in [0.5, 0.6) is 5.75 Å². The smallest absolute Gasteiger partial charge is 0.272 e. The highest BCUT2D eigenvalue weighted by atomic mass is 79.9. The molecule has 0 aliphatic heterocycles. The number of nitrogens with zero attached hydrogens (tertiary/aromatic N) is 2. The maximum absolute atomic E-state index is 9.57. The van der Waals surface area contributed by atoms with Crippen LogP contribution in [0.15, 0.2) is 31.9 Å². The predicted octanol–water partition coefficient (Wildman–Crippen LogP) is 3.99. The number of thiophene rings is 2. The van der Waals surface area contributed by atoms with Crippen LogP contribution in [0.2, 0.25) is 0 Å². The van der Waals surface area contributed by atoms with Gasteiger partial charge in [0.25, 0.3) is 5.89 Å². The molecule has 0 aromatic carbocycles. The minimum Gasteiger partial charge on any atom is -0.506 e. The quantitative estimate of drug-likeness (QED) is 0.772. The SMILES string of the molecule is Oc1ccsc1-c1nc(-c2cc(Br)cs2)no1. The minimum atomic E-state index is 0.164. The molecule has 4 nitrogen and oxygen atoms in total. The first kappa shape index (κ1) is 10.9. The first-order valence-corrected chi connectivity index (χ1v) is 7.14. The van der Waals surface area contributed by atoms with Gasteiger partial charge in [-0.1, -0.05) is 5.16 Å². The Bertz CT molecular complexity index is 659. The highest BCUT2D eigenvalue weighted by molar-refractivity contribution is 9.10. The van der Waals surface area contributed by atoms with E-state index in [1.54, 1.807) is 11.4 Å². The molecule has 3 aromatic heterocycles. The Morgan fingerprint density at radius 2 is 2.24 bits per heavy atom. The summed E-state index contributed by atoms with van der Waals surface area (Å²) >= 11 is 6.26. The Morgan fingerprint density at radius 1 is 1.35 bits per heavy atom. The minimum absolute atomic E-state index is 0.164. The van der Waals surface area contributed by atoms with Crippen molar-refractivity contribution in [1.29, 1.82) is 0 Å². The van der Waals surface area contributed by atoms with Crippen molar-refractivity contribution < 1.29 is 9.63 Å². The summed E-state index contributed by atoms with van der Waals surface area (Å²) in [4.78, 5) is 5.78. The van der Waals surface area contributed by atoms with Gasteiger partial charge in [0, 0.05) is 9.85 Å². The van der Waals surface area contributed by atoms with Gasteiger partial charge in [-0.3, -0.25) is 0 Å². The highest BCUT2D eigenvalue weighted by Crippen LogP contribution is 2.35. The maximum atomic E-state index is 9.57. The second kappa shape index (κ2) is 4.25. The van der Waals surface area contributed by atoms with Crippen molar-refractivity contribution in [2.75, 3.05) is 0 Å². The molecule has 0 radical (unpaired) electrons. The lowest BCUT2D eigenvalue weighted by Gasteiger charge is -1.87. The molecule has 0 amide bonds. The van der Waals surface area contributed by atoms with Gasteiger partial charge in [-0.05, 0) is 33.4 Å². The van der Waals surface area contributed by atoms with E-state index in [-0.39, 0.29) is 5.75 Å². The summed E-state index contributed by atoms with van der Waals surface area (Å²) in [6, 6.07) is 3.53. The molecule has 0 bridgehead atoms. The van der Waals surface area contributed by atoms with E-state index < -0.39 is 0 Å². The predicted molar refractivity (Wildman–Crippen MR) is 70.3 cm³/mol. The molecular formula is C10H5BrN2O2S2. The van der Waals surface area contributed by atoms with Crippen molar-refractivity contribution in [3.05, 3.63) is 27.4 Å². The van der Waals surface area contributed by atoms with Gasteiger partial charge in [0.2, 0.25) is 5.82 Å². The van der Waals surface area contributed by atoms with Crippen LogP contribution in [0.4, 0.5) is 0 Å². The van der Waals surface area contributed by atoms with Gasteiger partial charge in [0.1, 0.15) is 10.6 Å². The standard InChI is InChI=1S/C10H5BrN2O2S2/c11-5-3-7(17-4-5)9-12-10(15-13-9)8-6(14)1-2-16-8/h1-4,14H. The van der Waals surface area contributed by atoms with E-state index in [1.807, 2.05) is 11.4 Å². The van der Waals surface area contributed by atoms with Crippen LogP contribution in [-0.2, 0) is 0 Å². The molecule has 3 aromatic rings. The normalized spacial score (nSPS) is 10.9. The second-order valence-corrected chi connectivity index (χ2v) is 5.93. The third-order valence-corrected chi connectivity index (χ3v) is 4.63. The van der Waals surface area contributed by atoms with Crippen LogP contribution in [-0.4, -0.2) is 15.2 Å². The molecule has 0 unspecified atom stereocenters. The third kappa shape index (κ3) is 2.01. The maximum Gasteiger partial charge on any atom is 0.272 e. The largest absolute Gasteiger partial charge is 0.506 e. The highest BCUT2D eigenvalue weighted by Gasteiger charge is 2.15. The van der Waals surface area contributed by atoms with Crippen molar-refractivity contribution in [2.24, 2.45) is 0 Å². The number of hydrogen-bond donors (Lipinski definition) is 1. The molecule has 17 heavy (non-hydrogen) atoms. The van der Waals surface area contributed by atoms with Crippen LogP contribution < -0.4 is 0 Å². The van der Waals surface area contributed by atoms with E-state index in [2.05, 4.69) is 26.1 Å². The molecule has 86 valence electrons. The van der Waals surface area contributed by atoms with Crippen LogP contribution in [0, 0.1) is 0 Å². The molecule has 0 aliphatic rings. The Kier molecular flexibility index (Phi) is 2.73. The summed E-state index contributed by atoms with van der Waals surface area (Å²) in [5.41, 5.74) is 0. The zero-order chi connectivity index (χ0) is 11.8. The van der Waals surface area contributed by atoms with Gasteiger partial charge in [-0.15, -0.1) is 22.7 Å². The number of aromatic hydroxyl groups is 1. The van der Waals surface area contributed by atoms with Gasteiger partial charge in [0.15, 0.2) is 0 Å². The zero-order valence-electron chi connectivity index (χ0n) is 8.25. The van der Waals surface area contributed by atoms with Gasteiger partial charge in [-0.2, -0.15) is 4.98 Å². The number of rotatable bonds is 2. The van der Waals surface area contributed by atoms with E-state index >= 15 is 0 Å². The van der Waals surface area contributed by atoms with E-state index in [4.69, 9.17) is 4.52 Å². The summed E-state index contributed by atoms with van der Waals surface area (Å²) in [5.74, 6) is 1.04. The van der Waals surface area contributed by atoms with Gasteiger partial charge in [0.05, 0.1) is 4.88 Å². The fraction of sp³-hybridized carbons (Fsp3) is 0. The lowest BCUT2D eigenvalue weighted by Crippen LogP contribution is -1.75. The Hall–Kier alpha value is -1.18. The van der Waals surface area contributed by atoms with Gasteiger partial charge >= 0.3 is 0 Å². The topological polar surface area (TPSA) is 59.2 Å². The summed E-state index contributed by atoms with van der Waals surface area (Å²) in [5, 5.41) is 17.2. The molecule has 0 saturated carbocycles. The van der Waals surface area contributed by atoms with E-state index in [9.17, 15) is 5.11 Å². The molecule has 0 aliphatic carbocycles. The van der Waals surface area contributed by atoms with Gasteiger partial charge < -0.3 is 9.63 Å². The van der Waals surface area contributed by atoms with Crippen LogP contribution in [0.3, 0.4) is 0 Å². The molecule has 0 fully saturated rings. The van der Waals surface area contributed by atoms with Crippen molar-refractivity contribution in [2.45, 2.75) is 0 Å². The molecule has 3 heterocycles. The molecule has 3 rings (SSSR count). The van der Waals surface area contributed by atoms with Crippen LogP contribution in [0.25, 0.3) is 21.5 Å². The molecule has 1 N–H and O–H groups in total. The Labute approximate surface area is 113 Å². The van der Waals surface area contributed by atoms with E-state index in [1.165, 1.54) is 22.7 Å². The molecule has 7 heteroatoms. The summed E-state index contributed by atoms with van der Waals surface area (Å²) in [6.07, 6.45) is 0. The fourth-order valence-corrected chi connectivity index (χ4v) is 3.37.